The van der Waals surface area contributed by atoms with E-state index in [1.54, 1.807) is 0 Å². The third-order valence-electron chi connectivity index (χ3n) is 11.3. The van der Waals surface area contributed by atoms with Crippen molar-refractivity contribution in [1.82, 2.24) is 19.9 Å². The number of H-pyrrole nitrogens is 2. The number of nitrogens with one attached hydrogen (secondary N) is 2. The molecule has 3 aromatic heterocycles. The van der Waals surface area contributed by atoms with Crippen molar-refractivity contribution in [2.75, 3.05) is 0 Å². The van der Waals surface area contributed by atoms with Crippen molar-refractivity contribution in [2.45, 2.75) is 107 Å². The molecule has 2 aromatic carbocycles. The molecule has 0 aliphatic carbocycles. The molecule has 0 unspecified atom stereocenters. The fourth-order valence-corrected chi connectivity index (χ4v) is 8.92. The quantitative estimate of drug-likeness (QED) is 0.154. The van der Waals surface area contributed by atoms with Gasteiger partial charge in [0.25, 0.3) is 0 Å². The third-order valence-corrected chi connectivity index (χ3v) is 11.3. The summed E-state index contributed by atoms with van der Waals surface area (Å²) in [6.45, 7) is 18.0. The predicted octanol–water partition coefficient (Wildman–Crippen LogP) is 13.4. The van der Waals surface area contributed by atoms with Gasteiger partial charge in [0.1, 0.15) is 0 Å². The molecule has 0 atom stereocenters. The Morgan fingerprint density at radius 2 is 0.904 bits per heavy atom. The number of aryl methyl sites for hydroxylation is 4. The first-order valence-electron chi connectivity index (χ1n) is 20.3. The average molecular weight is 688 g/mol. The van der Waals surface area contributed by atoms with Gasteiger partial charge in [0.15, 0.2) is 0 Å². The first-order valence-corrected chi connectivity index (χ1v) is 19.8. The van der Waals surface area contributed by atoms with Crippen LogP contribution in [-0.4, -0.2) is 19.9 Å². The average Bonchev–Trinajstić information content (AvgIpc) is 3.95. The molecule has 0 saturated carbocycles. The van der Waals surface area contributed by atoms with Crippen LogP contribution in [0.1, 0.15) is 127 Å². The third kappa shape index (κ3) is 5.77. The Labute approximate surface area is 311 Å². The second-order valence-electron chi connectivity index (χ2n) is 13.9. The lowest BCUT2D eigenvalue weighted by atomic mass is 9.89. The van der Waals surface area contributed by atoms with E-state index < -0.39 is 0 Å². The van der Waals surface area contributed by atoms with Crippen LogP contribution in [0.5, 0.6) is 0 Å². The van der Waals surface area contributed by atoms with Gasteiger partial charge in [0.2, 0.25) is 0 Å². The molecule has 52 heavy (non-hydrogen) atoms. The lowest BCUT2D eigenvalue weighted by Gasteiger charge is -2.12. The Bertz CT molecular complexity index is 2420. The molecule has 2 aliphatic heterocycles. The number of aromatic amines is 2. The minimum atomic E-state index is 0.524. The van der Waals surface area contributed by atoms with Crippen molar-refractivity contribution in [3.8, 4) is 22.3 Å². The molecule has 0 fully saturated rings. The lowest BCUT2D eigenvalue weighted by molar-refractivity contribution is 1.07. The SMILES string of the molecule is [2H]c1c2[nH]c(cc3nc(c(-c4ccccc4)c4nc(c(-c5ccccc5)c5[nH]c1c(CC)c5CC)C(CC)=C4CC)C(CC)=C3CC)c(CC)c2CC. The van der Waals surface area contributed by atoms with Gasteiger partial charge in [-0.15, -0.1) is 0 Å². The van der Waals surface area contributed by atoms with Crippen molar-refractivity contribution < 1.29 is 1.37 Å². The normalized spacial score (nSPS) is 13.3. The van der Waals surface area contributed by atoms with Crippen LogP contribution in [0.25, 0.3) is 66.6 Å². The maximum absolute atomic E-state index is 9.93. The molecule has 0 amide bonds. The first kappa shape index (κ1) is 34.1. The van der Waals surface area contributed by atoms with E-state index >= 15 is 0 Å². The molecule has 8 bridgehead atoms. The van der Waals surface area contributed by atoms with E-state index in [2.05, 4.69) is 132 Å². The largest absolute Gasteiger partial charge is 0.355 e. The van der Waals surface area contributed by atoms with Crippen LogP contribution >= 0.6 is 0 Å². The number of hydrogen-bond donors (Lipinski definition) is 2. The molecule has 0 radical (unpaired) electrons. The van der Waals surface area contributed by atoms with Crippen molar-refractivity contribution >= 4 is 44.4 Å². The fourth-order valence-electron chi connectivity index (χ4n) is 8.92. The summed E-state index contributed by atoms with van der Waals surface area (Å²) in [5, 5.41) is 0. The van der Waals surface area contributed by atoms with Gasteiger partial charge in [-0.25, -0.2) is 9.97 Å². The van der Waals surface area contributed by atoms with Gasteiger partial charge in [0.05, 0.1) is 29.7 Å². The van der Waals surface area contributed by atoms with E-state index in [9.17, 15) is 1.37 Å². The number of fused-ring (bicyclic) bond motifs is 8. The van der Waals surface area contributed by atoms with Gasteiger partial charge in [-0.2, -0.15) is 0 Å². The Morgan fingerprint density at radius 3 is 1.44 bits per heavy atom. The van der Waals surface area contributed by atoms with Gasteiger partial charge in [-0.1, -0.05) is 116 Å². The summed E-state index contributed by atoms with van der Waals surface area (Å²) >= 11 is 0. The summed E-state index contributed by atoms with van der Waals surface area (Å²) in [6, 6.07) is 24.4. The summed E-state index contributed by atoms with van der Waals surface area (Å²) in [7, 11) is 0. The van der Waals surface area contributed by atoms with Crippen LogP contribution in [0.4, 0.5) is 0 Å². The molecule has 2 aliphatic rings. The maximum Gasteiger partial charge on any atom is 0.0772 e. The second kappa shape index (κ2) is 14.9. The zero-order chi connectivity index (χ0) is 37.4. The van der Waals surface area contributed by atoms with Gasteiger partial charge >= 0.3 is 0 Å². The minimum Gasteiger partial charge on any atom is -0.355 e. The van der Waals surface area contributed by atoms with E-state index in [4.69, 9.17) is 9.97 Å². The summed E-state index contributed by atoms with van der Waals surface area (Å²) in [6.07, 6.45) is 6.86. The molecule has 2 N–H and O–H groups in total. The van der Waals surface area contributed by atoms with E-state index in [0.29, 0.717) is 6.04 Å². The summed E-state index contributed by atoms with van der Waals surface area (Å²) < 4.78 is 9.93. The molecule has 4 heteroatoms. The van der Waals surface area contributed by atoms with Crippen molar-refractivity contribution in [2.24, 2.45) is 0 Å². The van der Waals surface area contributed by atoms with Crippen LogP contribution in [0.15, 0.2) is 72.8 Å². The van der Waals surface area contributed by atoms with Gasteiger partial charge in [0, 0.05) is 27.7 Å². The van der Waals surface area contributed by atoms with Gasteiger partial charge in [-0.05, 0) is 119 Å². The van der Waals surface area contributed by atoms with E-state index in [1.807, 2.05) is 0 Å². The number of hydrogen-bond acceptors (Lipinski definition) is 2. The zero-order valence-corrected chi connectivity index (χ0v) is 32.4. The molecule has 5 aromatic rings. The maximum atomic E-state index is 9.93. The molecular formula is C48H54N4. The van der Waals surface area contributed by atoms with E-state index in [-0.39, 0.29) is 0 Å². The Hall–Kier alpha value is -4.96. The van der Waals surface area contributed by atoms with Crippen molar-refractivity contribution in [3.05, 3.63) is 118 Å². The summed E-state index contributed by atoms with van der Waals surface area (Å²) in [5.74, 6) is 0. The summed E-state index contributed by atoms with van der Waals surface area (Å²) in [4.78, 5) is 19.2. The number of benzene rings is 2. The molecule has 0 spiro atoms. The van der Waals surface area contributed by atoms with Gasteiger partial charge in [-0.3, -0.25) is 0 Å². The van der Waals surface area contributed by atoms with E-state index in [1.165, 1.54) is 44.5 Å². The number of rotatable bonds is 10. The van der Waals surface area contributed by atoms with Crippen molar-refractivity contribution in [3.63, 3.8) is 0 Å². The van der Waals surface area contributed by atoms with Crippen LogP contribution in [-0.2, 0) is 25.7 Å². The topological polar surface area (TPSA) is 57.4 Å². The minimum absolute atomic E-state index is 0.524. The Morgan fingerprint density at radius 1 is 0.462 bits per heavy atom. The molecule has 4 nitrogen and oxygen atoms in total. The highest BCUT2D eigenvalue weighted by Gasteiger charge is 2.30. The number of nitrogens with zero attached hydrogens (tertiary/aromatic N) is 2. The molecular weight excluding hydrogens is 633 g/mol. The second-order valence-corrected chi connectivity index (χ2v) is 13.9. The Kier molecular flexibility index (Phi) is 9.82. The van der Waals surface area contributed by atoms with E-state index in [0.717, 1.165) is 118 Å². The monoisotopic (exact) mass is 687 g/mol. The molecule has 5 heterocycles. The van der Waals surface area contributed by atoms with Gasteiger partial charge < -0.3 is 9.97 Å². The number of aromatic nitrogens is 4. The molecule has 266 valence electrons. The molecule has 0 saturated heterocycles. The smallest absolute Gasteiger partial charge is 0.0772 e. The Balaban J connectivity index is 1.87. The summed E-state index contributed by atoms with van der Waals surface area (Å²) in [5.41, 5.74) is 22.7. The zero-order valence-electron chi connectivity index (χ0n) is 33.4. The number of allylic oxidation sites excluding steroid dienone is 4. The van der Waals surface area contributed by atoms with Crippen LogP contribution in [0, 0.1) is 0 Å². The highest BCUT2D eigenvalue weighted by Crippen LogP contribution is 2.47. The first-order chi connectivity index (χ1) is 25.9. The lowest BCUT2D eigenvalue weighted by Crippen LogP contribution is -1.95. The van der Waals surface area contributed by atoms with Crippen LogP contribution < -0.4 is 0 Å². The molecule has 7 rings (SSSR count). The van der Waals surface area contributed by atoms with Crippen LogP contribution in [0.2, 0.25) is 0 Å². The van der Waals surface area contributed by atoms with Crippen molar-refractivity contribution in [1.29, 1.82) is 0 Å². The standard InChI is InChI=1S/C48H54N4/c1-9-31-32(10-2)40-28-42-34(12-4)36(14-6)46(51-42)44(30-25-21-18-22-26-30)48-38(16-8)37(15-7)47(52-48)43(29-23-19-17-20-24-29)45-35(13-5)33(11-3)41(50-45)27-39(31)49-40/h17-28,49-50H,9-16H2,1-8H3/i27D. The van der Waals surface area contributed by atoms with Crippen LogP contribution in [0.3, 0.4) is 0 Å². The predicted molar refractivity (Wildman–Crippen MR) is 224 cm³/mol. The fraction of sp³-hybridized carbons (Fsp3) is 0.333. The highest BCUT2D eigenvalue weighted by molar-refractivity contribution is 6.06. The highest BCUT2D eigenvalue weighted by atomic mass is 14.8.